The third kappa shape index (κ3) is 1.46. The third-order valence-corrected chi connectivity index (χ3v) is 3.06. The zero-order valence-corrected chi connectivity index (χ0v) is 8.90. The van der Waals surface area contributed by atoms with Gasteiger partial charge in [-0.15, -0.1) is 0 Å². The number of aldehydes is 1. The van der Waals surface area contributed by atoms with E-state index in [0.29, 0.717) is 36.0 Å². The van der Waals surface area contributed by atoms with E-state index >= 15 is 0 Å². The number of methoxy groups -OCH3 is 1. The number of hydrogen-bond acceptors (Lipinski definition) is 3. The van der Waals surface area contributed by atoms with Crippen LogP contribution >= 0.6 is 0 Å². The van der Waals surface area contributed by atoms with Crippen molar-refractivity contribution in [3.05, 3.63) is 29.3 Å². The Balaban J connectivity index is 2.53. The van der Waals surface area contributed by atoms with Gasteiger partial charge in [0.05, 0.1) is 12.5 Å². The molecule has 1 aromatic carbocycles. The van der Waals surface area contributed by atoms with Crippen molar-refractivity contribution in [1.82, 2.24) is 0 Å². The van der Waals surface area contributed by atoms with E-state index in [1.54, 1.807) is 18.2 Å². The summed E-state index contributed by atoms with van der Waals surface area (Å²) in [6.45, 7) is 0. The molecule has 1 aliphatic rings. The van der Waals surface area contributed by atoms with E-state index in [4.69, 9.17) is 4.74 Å². The first-order valence-corrected chi connectivity index (χ1v) is 5.01. The number of hydrogen-bond donors (Lipinski definition) is 1. The molecule has 1 saturated carbocycles. The summed E-state index contributed by atoms with van der Waals surface area (Å²) in [5.74, 6) is -0.294. The highest BCUT2D eigenvalue weighted by molar-refractivity contribution is 5.90. The van der Waals surface area contributed by atoms with Gasteiger partial charge < -0.3 is 9.84 Å². The molecular weight excluding hydrogens is 208 g/mol. The second kappa shape index (κ2) is 3.63. The maximum Gasteiger partial charge on any atom is 0.314 e. The third-order valence-electron chi connectivity index (χ3n) is 3.06. The van der Waals surface area contributed by atoms with Gasteiger partial charge in [0.2, 0.25) is 0 Å². The molecule has 0 bridgehead atoms. The Morgan fingerprint density at radius 1 is 1.50 bits per heavy atom. The minimum atomic E-state index is -0.871. The lowest BCUT2D eigenvalue weighted by Crippen LogP contribution is -2.21. The number of benzene rings is 1. The van der Waals surface area contributed by atoms with E-state index in [-0.39, 0.29) is 0 Å². The lowest BCUT2D eigenvalue weighted by molar-refractivity contribution is -0.140. The fourth-order valence-electron chi connectivity index (χ4n) is 1.90. The summed E-state index contributed by atoms with van der Waals surface area (Å²) < 4.78 is 5.05. The van der Waals surface area contributed by atoms with Crippen molar-refractivity contribution in [2.75, 3.05) is 7.11 Å². The summed E-state index contributed by atoms with van der Waals surface area (Å²) in [6, 6.07) is 4.90. The average Bonchev–Trinajstić information content (AvgIpc) is 3.09. The summed E-state index contributed by atoms with van der Waals surface area (Å²) >= 11 is 0. The molecule has 0 spiro atoms. The van der Waals surface area contributed by atoms with Crippen molar-refractivity contribution in [1.29, 1.82) is 0 Å². The van der Waals surface area contributed by atoms with Crippen LogP contribution in [0, 0.1) is 0 Å². The van der Waals surface area contributed by atoms with Crippen molar-refractivity contribution < 1.29 is 19.4 Å². The first-order chi connectivity index (χ1) is 7.64. The summed E-state index contributed by atoms with van der Waals surface area (Å²) in [7, 11) is 1.51. The number of carbonyl (C=O) groups is 2. The second-order valence-electron chi connectivity index (χ2n) is 3.96. The second-order valence-corrected chi connectivity index (χ2v) is 3.96. The molecule has 0 atom stereocenters. The zero-order valence-electron chi connectivity index (χ0n) is 8.90. The molecule has 0 saturated heterocycles. The number of carboxylic acid groups (broad SMARTS) is 1. The normalized spacial score (nSPS) is 16.6. The molecule has 0 radical (unpaired) electrons. The number of aliphatic carboxylic acids is 1. The maximum absolute atomic E-state index is 11.2. The molecule has 0 unspecified atom stereocenters. The Labute approximate surface area is 92.8 Å². The Morgan fingerprint density at radius 3 is 2.62 bits per heavy atom. The molecule has 0 aliphatic heterocycles. The molecule has 84 valence electrons. The quantitative estimate of drug-likeness (QED) is 0.783. The average molecular weight is 220 g/mol. The van der Waals surface area contributed by atoms with Gasteiger partial charge >= 0.3 is 5.97 Å². The smallest absolute Gasteiger partial charge is 0.314 e. The van der Waals surface area contributed by atoms with Crippen molar-refractivity contribution >= 4 is 12.3 Å². The van der Waals surface area contributed by atoms with Gasteiger partial charge in [-0.05, 0) is 36.6 Å². The van der Waals surface area contributed by atoms with Gasteiger partial charge in [0.1, 0.15) is 12.0 Å². The fourth-order valence-corrected chi connectivity index (χ4v) is 1.90. The molecule has 0 heterocycles. The van der Waals surface area contributed by atoms with Crippen LogP contribution in [0.3, 0.4) is 0 Å². The highest BCUT2D eigenvalue weighted by Gasteiger charge is 2.52. The van der Waals surface area contributed by atoms with Crippen LogP contribution in [0.2, 0.25) is 0 Å². The molecule has 1 N–H and O–H groups in total. The standard InChI is InChI=1S/C12H12O4/c1-16-9-3-2-8(7-13)10(6-9)12(4-5-12)11(14)15/h2-3,6-7H,4-5H2,1H3,(H,14,15). The lowest BCUT2D eigenvalue weighted by Gasteiger charge is -2.13. The SMILES string of the molecule is COc1ccc(C=O)c(C2(C(=O)O)CC2)c1. The van der Waals surface area contributed by atoms with Gasteiger partial charge in [-0.3, -0.25) is 9.59 Å². The molecule has 1 aliphatic carbocycles. The number of carbonyl (C=O) groups excluding carboxylic acids is 1. The molecule has 2 rings (SSSR count). The first-order valence-electron chi connectivity index (χ1n) is 5.01. The molecule has 0 amide bonds. The van der Waals surface area contributed by atoms with Crippen LogP contribution in [0.1, 0.15) is 28.8 Å². The summed E-state index contributed by atoms with van der Waals surface area (Å²) in [6.07, 6.45) is 1.85. The molecule has 1 fully saturated rings. The fraction of sp³-hybridized carbons (Fsp3) is 0.333. The topological polar surface area (TPSA) is 63.6 Å². The lowest BCUT2D eigenvalue weighted by atomic mass is 9.91. The maximum atomic E-state index is 11.2. The minimum absolute atomic E-state index is 0.431. The van der Waals surface area contributed by atoms with E-state index in [1.807, 2.05) is 0 Å². The molecule has 0 aromatic heterocycles. The van der Waals surface area contributed by atoms with Crippen molar-refractivity contribution in [3.8, 4) is 5.75 Å². The van der Waals surface area contributed by atoms with Crippen LogP contribution in [0.4, 0.5) is 0 Å². The van der Waals surface area contributed by atoms with Gasteiger partial charge in [-0.25, -0.2) is 0 Å². The minimum Gasteiger partial charge on any atom is -0.497 e. The molecule has 16 heavy (non-hydrogen) atoms. The van der Waals surface area contributed by atoms with Crippen LogP contribution in [-0.4, -0.2) is 24.5 Å². The van der Waals surface area contributed by atoms with Gasteiger partial charge in [0.25, 0.3) is 0 Å². The highest BCUT2D eigenvalue weighted by Crippen LogP contribution is 2.50. The number of rotatable bonds is 4. The van der Waals surface area contributed by atoms with E-state index in [0.717, 1.165) is 0 Å². The van der Waals surface area contributed by atoms with Gasteiger partial charge in [-0.1, -0.05) is 0 Å². The van der Waals surface area contributed by atoms with E-state index in [9.17, 15) is 14.7 Å². The van der Waals surface area contributed by atoms with Gasteiger partial charge in [0.15, 0.2) is 0 Å². The zero-order chi connectivity index (χ0) is 11.8. The molecule has 4 heteroatoms. The Bertz CT molecular complexity index is 446. The summed E-state index contributed by atoms with van der Waals surface area (Å²) in [5, 5.41) is 9.18. The van der Waals surface area contributed by atoms with Crippen LogP contribution in [-0.2, 0) is 10.2 Å². The van der Waals surface area contributed by atoms with Crippen LogP contribution in [0.5, 0.6) is 5.75 Å². The number of carboxylic acids is 1. The molecule has 1 aromatic rings. The Morgan fingerprint density at radius 2 is 2.19 bits per heavy atom. The summed E-state index contributed by atoms with van der Waals surface area (Å²) in [4.78, 5) is 22.1. The van der Waals surface area contributed by atoms with Crippen molar-refractivity contribution in [2.45, 2.75) is 18.3 Å². The van der Waals surface area contributed by atoms with Gasteiger partial charge in [-0.2, -0.15) is 0 Å². The van der Waals surface area contributed by atoms with Crippen molar-refractivity contribution in [2.24, 2.45) is 0 Å². The van der Waals surface area contributed by atoms with Crippen LogP contribution in [0.25, 0.3) is 0 Å². The van der Waals surface area contributed by atoms with Gasteiger partial charge in [0, 0.05) is 5.56 Å². The van der Waals surface area contributed by atoms with E-state index in [1.165, 1.54) is 7.11 Å². The monoisotopic (exact) mass is 220 g/mol. The number of ether oxygens (including phenoxy) is 1. The van der Waals surface area contributed by atoms with E-state index < -0.39 is 11.4 Å². The summed E-state index contributed by atoms with van der Waals surface area (Å²) in [5.41, 5.74) is 0.125. The van der Waals surface area contributed by atoms with Crippen LogP contribution < -0.4 is 4.74 Å². The van der Waals surface area contributed by atoms with Crippen LogP contribution in [0.15, 0.2) is 18.2 Å². The molecule has 4 nitrogen and oxygen atoms in total. The Hall–Kier alpha value is -1.84. The predicted octanol–water partition coefficient (Wildman–Crippen LogP) is 1.62. The van der Waals surface area contributed by atoms with Crippen molar-refractivity contribution in [3.63, 3.8) is 0 Å². The molecular formula is C12H12O4. The predicted molar refractivity (Wildman–Crippen MR) is 56.9 cm³/mol. The highest BCUT2D eigenvalue weighted by atomic mass is 16.5. The first kappa shape index (κ1) is 10.7. The van der Waals surface area contributed by atoms with E-state index in [2.05, 4.69) is 0 Å². The largest absolute Gasteiger partial charge is 0.497 e. The Kier molecular flexibility index (Phi) is 2.42.